The van der Waals surface area contributed by atoms with E-state index in [1.165, 1.54) is 30.7 Å². The topological polar surface area (TPSA) is 73.2 Å². The fourth-order valence-electron chi connectivity index (χ4n) is 2.86. The number of nitrogens with zero attached hydrogens (tertiary/aromatic N) is 2. The molecule has 1 N–H and O–H groups in total. The Morgan fingerprint density at radius 2 is 2.03 bits per heavy atom. The minimum Gasteiger partial charge on any atom is -0.493 e. The van der Waals surface area contributed by atoms with Crippen LogP contribution in [0, 0.1) is 11.7 Å². The molecule has 0 saturated carbocycles. The first kappa shape index (κ1) is 21.0. The first-order valence-corrected chi connectivity index (χ1v) is 10.7. The average Bonchev–Trinajstić information content (AvgIpc) is 3.12. The third-order valence-electron chi connectivity index (χ3n) is 4.21. The van der Waals surface area contributed by atoms with Crippen LogP contribution in [0.25, 0.3) is 11.3 Å². The second kappa shape index (κ2) is 8.75. The lowest BCUT2D eigenvalue weighted by Gasteiger charge is -2.13. The zero-order valence-corrected chi connectivity index (χ0v) is 17.4. The molecule has 0 radical (unpaired) electrons. The molecule has 0 bridgehead atoms. The van der Waals surface area contributed by atoms with Crippen molar-refractivity contribution in [2.75, 3.05) is 13.7 Å². The van der Waals surface area contributed by atoms with Crippen LogP contribution >= 0.6 is 0 Å². The Balaban J connectivity index is 2.08. The predicted molar refractivity (Wildman–Crippen MR) is 110 cm³/mol. The summed E-state index contributed by atoms with van der Waals surface area (Å²) in [5.41, 5.74) is 1.14. The molecular formula is C21H24FN3O3S. The average molecular weight is 418 g/mol. The number of rotatable bonds is 8. The molecule has 3 aromatic rings. The van der Waals surface area contributed by atoms with Crippen LogP contribution in [-0.4, -0.2) is 31.0 Å². The van der Waals surface area contributed by atoms with Gasteiger partial charge < -0.3 is 10.1 Å². The van der Waals surface area contributed by atoms with Gasteiger partial charge in [0.1, 0.15) is 16.5 Å². The SMILES string of the molecule is CNCc1cc(-c2ccc(OCC(C)C)cc2F)n(S(=O)(=O)c2cccnc2)c1. The minimum atomic E-state index is -3.94. The van der Waals surface area contributed by atoms with Gasteiger partial charge in [-0.05, 0) is 48.9 Å². The second-order valence-corrected chi connectivity index (χ2v) is 8.91. The third kappa shape index (κ3) is 4.65. The van der Waals surface area contributed by atoms with Crippen molar-refractivity contribution >= 4 is 10.0 Å². The highest BCUT2D eigenvalue weighted by molar-refractivity contribution is 7.90. The molecule has 0 aliphatic carbocycles. The molecule has 0 fully saturated rings. The highest BCUT2D eigenvalue weighted by Gasteiger charge is 2.23. The number of pyridine rings is 1. The van der Waals surface area contributed by atoms with Gasteiger partial charge >= 0.3 is 0 Å². The van der Waals surface area contributed by atoms with Gasteiger partial charge in [0, 0.05) is 36.8 Å². The number of halogens is 1. The van der Waals surface area contributed by atoms with Gasteiger partial charge in [-0.25, -0.2) is 16.8 Å². The van der Waals surface area contributed by atoms with Gasteiger partial charge in [0.25, 0.3) is 10.0 Å². The lowest BCUT2D eigenvalue weighted by atomic mass is 10.1. The van der Waals surface area contributed by atoms with Crippen molar-refractivity contribution in [2.45, 2.75) is 25.3 Å². The van der Waals surface area contributed by atoms with Crippen LogP contribution in [0.5, 0.6) is 5.75 Å². The van der Waals surface area contributed by atoms with Crippen LogP contribution in [0.3, 0.4) is 0 Å². The Morgan fingerprint density at radius 1 is 1.24 bits per heavy atom. The van der Waals surface area contributed by atoms with Gasteiger partial charge in [-0.15, -0.1) is 0 Å². The summed E-state index contributed by atoms with van der Waals surface area (Å²) >= 11 is 0. The van der Waals surface area contributed by atoms with Crippen LogP contribution < -0.4 is 10.1 Å². The van der Waals surface area contributed by atoms with Gasteiger partial charge in [0.05, 0.1) is 12.3 Å². The summed E-state index contributed by atoms with van der Waals surface area (Å²) in [4.78, 5) is 3.92. The van der Waals surface area contributed by atoms with E-state index in [1.54, 1.807) is 31.3 Å². The number of benzene rings is 1. The number of ether oxygens (including phenoxy) is 1. The van der Waals surface area contributed by atoms with Gasteiger partial charge in [-0.2, -0.15) is 0 Å². The maximum Gasteiger partial charge on any atom is 0.269 e. The summed E-state index contributed by atoms with van der Waals surface area (Å²) < 4.78 is 47.9. The van der Waals surface area contributed by atoms with E-state index in [2.05, 4.69) is 10.3 Å². The van der Waals surface area contributed by atoms with Gasteiger partial charge in [-0.3, -0.25) is 4.98 Å². The van der Waals surface area contributed by atoms with E-state index in [9.17, 15) is 12.8 Å². The molecule has 0 saturated heterocycles. The van der Waals surface area contributed by atoms with Gasteiger partial charge in [0.2, 0.25) is 0 Å². The quantitative estimate of drug-likeness (QED) is 0.605. The molecule has 2 aromatic heterocycles. The fraction of sp³-hybridized carbons (Fsp3) is 0.286. The number of nitrogens with one attached hydrogen (secondary N) is 1. The largest absolute Gasteiger partial charge is 0.493 e. The first-order valence-electron chi connectivity index (χ1n) is 9.27. The Morgan fingerprint density at radius 3 is 2.66 bits per heavy atom. The van der Waals surface area contributed by atoms with Crippen molar-refractivity contribution in [3.05, 3.63) is 66.4 Å². The van der Waals surface area contributed by atoms with Crippen molar-refractivity contribution in [2.24, 2.45) is 5.92 Å². The van der Waals surface area contributed by atoms with Crippen LogP contribution in [0.1, 0.15) is 19.4 Å². The van der Waals surface area contributed by atoms with Crippen molar-refractivity contribution < 1.29 is 17.5 Å². The highest BCUT2D eigenvalue weighted by Crippen LogP contribution is 2.31. The predicted octanol–water partition coefficient (Wildman–Crippen LogP) is 3.68. The smallest absolute Gasteiger partial charge is 0.269 e. The summed E-state index contributed by atoms with van der Waals surface area (Å²) in [6, 6.07) is 9.14. The standard InChI is InChI=1S/C21H24FN3O3S/c1-15(2)14-28-17-6-7-19(20(22)10-17)21-9-16(11-23-3)13-25(21)29(26,27)18-5-4-8-24-12-18/h4-10,12-13,15,23H,11,14H2,1-3H3. The molecule has 6 nitrogen and oxygen atoms in total. The highest BCUT2D eigenvalue weighted by atomic mass is 32.2. The van der Waals surface area contributed by atoms with Gasteiger partial charge in [0.15, 0.2) is 0 Å². The summed E-state index contributed by atoms with van der Waals surface area (Å²) in [7, 11) is -2.18. The zero-order valence-electron chi connectivity index (χ0n) is 16.6. The second-order valence-electron chi connectivity index (χ2n) is 7.10. The van der Waals surface area contributed by atoms with E-state index in [4.69, 9.17) is 4.74 Å². The van der Waals surface area contributed by atoms with E-state index in [-0.39, 0.29) is 16.2 Å². The van der Waals surface area contributed by atoms with Crippen LogP contribution in [0.15, 0.2) is 59.9 Å². The van der Waals surface area contributed by atoms with Crippen LogP contribution in [-0.2, 0) is 16.6 Å². The van der Waals surface area contributed by atoms with E-state index >= 15 is 0 Å². The summed E-state index contributed by atoms with van der Waals surface area (Å²) in [6.07, 6.45) is 4.27. The number of hydrogen-bond donors (Lipinski definition) is 1. The molecule has 0 aliphatic rings. The van der Waals surface area contributed by atoms with Crippen molar-refractivity contribution in [3.8, 4) is 17.0 Å². The molecule has 0 atom stereocenters. The molecule has 2 heterocycles. The van der Waals surface area contributed by atoms with Gasteiger partial charge in [-0.1, -0.05) is 13.8 Å². The molecule has 0 amide bonds. The monoisotopic (exact) mass is 417 g/mol. The van der Waals surface area contributed by atoms with Crippen LogP contribution in [0.4, 0.5) is 4.39 Å². The fourth-order valence-corrected chi connectivity index (χ4v) is 4.22. The zero-order chi connectivity index (χ0) is 21.0. The van der Waals surface area contributed by atoms with Crippen LogP contribution in [0.2, 0.25) is 0 Å². The van der Waals surface area contributed by atoms with E-state index in [1.807, 2.05) is 13.8 Å². The lowest BCUT2D eigenvalue weighted by molar-refractivity contribution is 0.270. The summed E-state index contributed by atoms with van der Waals surface area (Å²) in [6.45, 7) is 4.92. The van der Waals surface area contributed by atoms with Crippen molar-refractivity contribution in [3.63, 3.8) is 0 Å². The molecule has 0 spiro atoms. The van der Waals surface area contributed by atoms with Crippen molar-refractivity contribution in [1.29, 1.82) is 0 Å². The van der Waals surface area contributed by atoms with E-state index in [0.717, 1.165) is 9.54 Å². The van der Waals surface area contributed by atoms with E-state index < -0.39 is 15.8 Å². The molecule has 0 unspecified atom stereocenters. The Kier molecular flexibility index (Phi) is 6.34. The first-order chi connectivity index (χ1) is 13.8. The number of aromatic nitrogens is 2. The maximum atomic E-state index is 14.9. The normalized spacial score (nSPS) is 11.8. The Bertz CT molecular complexity index is 1080. The van der Waals surface area contributed by atoms with E-state index in [0.29, 0.717) is 24.8 Å². The molecular weight excluding hydrogens is 393 g/mol. The molecule has 1 aromatic carbocycles. The molecule has 8 heteroatoms. The Hall–Kier alpha value is -2.71. The summed E-state index contributed by atoms with van der Waals surface area (Å²) in [5.74, 6) is 0.162. The lowest BCUT2D eigenvalue weighted by Crippen LogP contribution is -2.14. The summed E-state index contributed by atoms with van der Waals surface area (Å²) in [5, 5.41) is 2.98. The third-order valence-corrected chi connectivity index (χ3v) is 5.87. The number of hydrogen-bond acceptors (Lipinski definition) is 5. The maximum absolute atomic E-state index is 14.9. The molecule has 154 valence electrons. The van der Waals surface area contributed by atoms with Crippen molar-refractivity contribution in [1.82, 2.24) is 14.3 Å². The molecule has 29 heavy (non-hydrogen) atoms. The molecule has 0 aliphatic heterocycles. The minimum absolute atomic E-state index is 0.0325. The Labute approximate surface area is 170 Å². The molecule has 3 rings (SSSR count).